The van der Waals surface area contributed by atoms with Crippen LogP contribution in [0.3, 0.4) is 0 Å². The van der Waals surface area contributed by atoms with E-state index in [0.29, 0.717) is 25.5 Å². The van der Waals surface area contributed by atoms with E-state index in [4.69, 9.17) is 15.2 Å². The van der Waals surface area contributed by atoms with E-state index in [1.807, 2.05) is 0 Å². The first kappa shape index (κ1) is 14.4. The number of benzene rings is 1. The third kappa shape index (κ3) is 5.11. The fourth-order valence-electron chi connectivity index (χ4n) is 1.27. The number of hydrogen-bond acceptors (Lipinski definition) is 4. The van der Waals surface area contributed by atoms with E-state index < -0.39 is 5.82 Å². The summed E-state index contributed by atoms with van der Waals surface area (Å²) in [5, 5.41) is 2.59. The van der Waals surface area contributed by atoms with Gasteiger partial charge in [-0.25, -0.2) is 4.39 Å². The molecule has 0 fully saturated rings. The van der Waals surface area contributed by atoms with Gasteiger partial charge in [0.2, 0.25) is 5.91 Å². The standard InChI is InChI=1S/C12H17FN2O3/c1-17-6-7-18-5-4-12(16)15-11-3-2-9(13)8-10(11)14/h2-3,8H,4-7,14H2,1H3,(H,15,16). The van der Waals surface area contributed by atoms with Gasteiger partial charge in [-0.1, -0.05) is 0 Å². The molecule has 0 heterocycles. The van der Waals surface area contributed by atoms with Crippen molar-refractivity contribution >= 4 is 17.3 Å². The lowest BCUT2D eigenvalue weighted by atomic mass is 10.2. The summed E-state index contributed by atoms with van der Waals surface area (Å²) >= 11 is 0. The van der Waals surface area contributed by atoms with Crippen LogP contribution in [0.4, 0.5) is 15.8 Å². The zero-order valence-electron chi connectivity index (χ0n) is 10.2. The van der Waals surface area contributed by atoms with Crippen LogP contribution < -0.4 is 11.1 Å². The average molecular weight is 256 g/mol. The Labute approximate surface area is 105 Å². The molecular formula is C12H17FN2O3. The molecule has 3 N–H and O–H groups in total. The number of methoxy groups -OCH3 is 1. The van der Waals surface area contributed by atoms with Crippen LogP contribution in [0.25, 0.3) is 0 Å². The zero-order valence-corrected chi connectivity index (χ0v) is 10.2. The number of hydrogen-bond donors (Lipinski definition) is 2. The van der Waals surface area contributed by atoms with Crippen LogP contribution in [0.1, 0.15) is 6.42 Å². The lowest BCUT2D eigenvalue weighted by Gasteiger charge is -2.08. The summed E-state index contributed by atoms with van der Waals surface area (Å²) in [7, 11) is 1.58. The van der Waals surface area contributed by atoms with Gasteiger partial charge >= 0.3 is 0 Å². The Morgan fingerprint density at radius 2 is 2.17 bits per heavy atom. The van der Waals surface area contributed by atoms with Crippen molar-refractivity contribution in [3.05, 3.63) is 24.0 Å². The molecule has 0 bridgehead atoms. The van der Waals surface area contributed by atoms with Crippen LogP contribution in [0.5, 0.6) is 0 Å². The molecule has 0 atom stereocenters. The minimum atomic E-state index is -0.437. The average Bonchev–Trinajstić information content (AvgIpc) is 2.32. The molecule has 6 heteroatoms. The number of anilines is 2. The molecule has 0 saturated carbocycles. The van der Waals surface area contributed by atoms with Crippen molar-refractivity contribution in [1.82, 2.24) is 0 Å². The van der Waals surface area contributed by atoms with Gasteiger partial charge in [-0.05, 0) is 18.2 Å². The summed E-state index contributed by atoms with van der Waals surface area (Å²) in [5.41, 5.74) is 6.16. The Balaban J connectivity index is 2.31. The van der Waals surface area contributed by atoms with E-state index in [-0.39, 0.29) is 18.0 Å². The highest BCUT2D eigenvalue weighted by molar-refractivity contribution is 5.93. The molecule has 1 amide bonds. The lowest BCUT2D eigenvalue weighted by Crippen LogP contribution is -2.16. The Morgan fingerprint density at radius 1 is 1.39 bits per heavy atom. The molecule has 0 saturated heterocycles. The van der Waals surface area contributed by atoms with Crippen molar-refractivity contribution in [1.29, 1.82) is 0 Å². The van der Waals surface area contributed by atoms with Crippen LogP contribution in [-0.2, 0) is 14.3 Å². The quantitative estimate of drug-likeness (QED) is 0.571. The molecule has 100 valence electrons. The molecule has 1 aromatic carbocycles. The van der Waals surface area contributed by atoms with E-state index in [9.17, 15) is 9.18 Å². The van der Waals surface area contributed by atoms with Crippen molar-refractivity contribution < 1.29 is 18.7 Å². The van der Waals surface area contributed by atoms with E-state index >= 15 is 0 Å². The van der Waals surface area contributed by atoms with Gasteiger partial charge in [-0.3, -0.25) is 4.79 Å². The maximum atomic E-state index is 12.8. The van der Waals surface area contributed by atoms with Gasteiger partial charge in [0, 0.05) is 7.11 Å². The van der Waals surface area contributed by atoms with Gasteiger partial charge in [0.25, 0.3) is 0 Å². The molecule has 5 nitrogen and oxygen atoms in total. The molecule has 0 aliphatic carbocycles. The maximum Gasteiger partial charge on any atom is 0.226 e. The Kier molecular flexibility index (Phi) is 6.10. The Hall–Kier alpha value is -1.66. The highest BCUT2D eigenvalue weighted by atomic mass is 19.1. The van der Waals surface area contributed by atoms with E-state index in [1.54, 1.807) is 7.11 Å². The molecule has 1 rings (SSSR count). The summed E-state index contributed by atoms with van der Waals surface area (Å²) in [5.74, 6) is -0.667. The predicted octanol–water partition coefficient (Wildman–Crippen LogP) is 1.40. The summed E-state index contributed by atoms with van der Waals surface area (Å²) in [4.78, 5) is 11.5. The summed E-state index contributed by atoms with van der Waals surface area (Å²) in [6, 6.07) is 3.82. The van der Waals surface area contributed by atoms with Crippen molar-refractivity contribution in [2.24, 2.45) is 0 Å². The molecule has 0 aromatic heterocycles. The molecule has 1 aromatic rings. The van der Waals surface area contributed by atoms with Gasteiger partial charge in [0.1, 0.15) is 5.82 Å². The van der Waals surface area contributed by atoms with Crippen LogP contribution in [0.15, 0.2) is 18.2 Å². The highest BCUT2D eigenvalue weighted by Gasteiger charge is 2.05. The van der Waals surface area contributed by atoms with Crippen molar-refractivity contribution in [2.75, 3.05) is 38.0 Å². The molecular weight excluding hydrogens is 239 g/mol. The molecule has 0 aliphatic rings. The summed E-state index contributed by atoms with van der Waals surface area (Å²) in [6.07, 6.45) is 0.209. The summed E-state index contributed by atoms with van der Waals surface area (Å²) < 4.78 is 22.7. The topological polar surface area (TPSA) is 73.6 Å². The van der Waals surface area contributed by atoms with E-state index in [1.165, 1.54) is 12.1 Å². The predicted molar refractivity (Wildman–Crippen MR) is 66.8 cm³/mol. The van der Waals surface area contributed by atoms with Gasteiger partial charge < -0.3 is 20.5 Å². The second-order valence-corrected chi connectivity index (χ2v) is 3.63. The fraction of sp³-hybridized carbons (Fsp3) is 0.417. The zero-order chi connectivity index (χ0) is 13.4. The van der Waals surface area contributed by atoms with Crippen molar-refractivity contribution in [3.8, 4) is 0 Å². The minimum absolute atomic E-state index is 0.198. The normalized spacial score (nSPS) is 10.3. The van der Waals surface area contributed by atoms with Gasteiger partial charge in [-0.15, -0.1) is 0 Å². The van der Waals surface area contributed by atoms with Gasteiger partial charge in [-0.2, -0.15) is 0 Å². The van der Waals surface area contributed by atoms with E-state index in [0.717, 1.165) is 6.07 Å². The number of nitrogen functional groups attached to an aromatic ring is 1. The van der Waals surface area contributed by atoms with E-state index in [2.05, 4.69) is 5.32 Å². The molecule has 0 radical (unpaired) electrons. The smallest absolute Gasteiger partial charge is 0.226 e. The Bertz CT molecular complexity index is 399. The monoisotopic (exact) mass is 256 g/mol. The number of rotatable bonds is 7. The van der Waals surface area contributed by atoms with Gasteiger partial charge in [0.05, 0.1) is 37.6 Å². The number of halogens is 1. The van der Waals surface area contributed by atoms with Crippen LogP contribution in [0, 0.1) is 5.82 Å². The third-order valence-electron chi connectivity index (χ3n) is 2.19. The number of carbonyl (C=O) groups excluding carboxylic acids is 1. The fourth-order valence-corrected chi connectivity index (χ4v) is 1.27. The van der Waals surface area contributed by atoms with Crippen LogP contribution in [-0.4, -0.2) is 32.8 Å². The SMILES string of the molecule is COCCOCCC(=O)Nc1ccc(F)cc1N. The van der Waals surface area contributed by atoms with Crippen molar-refractivity contribution in [3.63, 3.8) is 0 Å². The first-order chi connectivity index (χ1) is 8.63. The molecule has 0 spiro atoms. The molecule has 0 aliphatic heterocycles. The maximum absolute atomic E-state index is 12.8. The first-order valence-corrected chi connectivity index (χ1v) is 5.55. The number of amides is 1. The lowest BCUT2D eigenvalue weighted by molar-refractivity contribution is -0.117. The number of carbonyl (C=O) groups is 1. The number of ether oxygens (including phenoxy) is 2. The second-order valence-electron chi connectivity index (χ2n) is 3.63. The largest absolute Gasteiger partial charge is 0.397 e. The number of nitrogens with two attached hydrogens (primary N) is 1. The third-order valence-corrected chi connectivity index (χ3v) is 2.19. The van der Waals surface area contributed by atoms with Crippen molar-refractivity contribution in [2.45, 2.75) is 6.42 Å². The highest BCUT2D eigenvalue weighted by Crippen LogP contribution is 2.19. The first-order valence-electron chi connectivity index (χ1n) is 5.55. The molecule has 0 unspecified atom stereocenters. The summed E-state index contributed by atoms with van der Waals surface area (Å²) in [6.45, 7) is 1.24. The molecule has 18 heavy (non-hydrogen) atoms. The number of nitrogens with one attached hydrogen (secondary N) is 1. The Morgan fingerprint density at radius 3 is 2.83 bits per heavy atom. The van der Waals surface area contributed by atoms with Crippen LogP contribution in [0.2, 0.25) is 0 Å². The minimum Gasteiger partial charge on any atom is -0.397 e. The van der Waals surface area contributed by atoms with Crippen LogP contribution >= 0.6 is 0 Å². The second kappa shape index (κ2) is 7.62. The van der Waals surface area contributed by atoms with Gasteiger partial charge in [0.15, 0.2) is 0 Å².